The maximum Gasteiger partial charge on any atom is 0.307 e. The molecule has 3 heteroatoms. The molecule has 21 heavy (non-hydrogen) atoms. The third-order valence-corrected chi connectivity index (χ3v) is 6.00. The van der Waals surface area contributed by atoms with Crippen LogP contribution in [0.25, 0.3) is 0 Å². The third kappa shape index (κ3) is 3.44. The number of ether oxygens (including phenoxy) is 1. The van der Waals surface area contributed by atoms with E-state index in [2.05, 4.69) is 19.2 Å². The summed E-state index contributed by atoms with van der Waals surface area (Å²) in [6.07, 6.45) is 9.19. The fourth-order valence-electron chi connectivity index (χ4n) is 5.57. The van der Waals surface area contributed by atoms with Crippen molar-refractivity contribution in [3.8, 4) is 0 Å². The Balaban J connectivity index is 1.56. The zero-order chi connectivity index (χ0) is 15.1. The molecule has 0 radical (unpaired) electrons. The molecule has 120 valence electrons. The highest BCUT2D eigenvalue weighted by Gasteiger charge is 2.50. The predicted octanol–water partition coefficient (Wildman–Crippen LogP) is 3.52. The van der Waals surface area contributed by atoms with E-state index in [4.69, 9.17) is 4.74 Å². The molecule has 4 rings (SSSR count). The van der Waals surface area contributed by atoms with E-state index in [0.29, 0.717) is 18.4 Å². The summed E-state index contributed by atoms with van der Waals surface area (Å²) in [4.78, 5) is 11.7. The van der Waals surface area contributed by atoms with Crippen molar-refractivity contribution in [1.82, 2.24) is 5.32 Å². The van der Waals surface area contributed by atoms with Crippen molar-refractivity contribution < 1.29 is 9.53 Å². The Morgan fingerprint density at radius 1 is 1.14 bits per heavy atom. The van der Waals surface area contributed by atoms with Crippen molar-refractivity contribution >= 4 is 5.97 Å². The summed E-state index contributed by atoms with van der Waals surface area (Å²) in [5.41, 5.74) is 0.371. The summed E-state index contributed by atoms with van der Waals surface area (Å²) < 4.78 is 5.09. The van der Waals surface area contributed by atoms with Crippen molar-refractivity contribution in [2.24, 2.45) is 23.2 Å². The molecule has 0 saturated heterocycles. The SMILES string of the molecule is CCOC(=O)CC(C)(C)NCC12CC3CC(CC(C3)C1)C2. The van der Waals surface area contributed by atoms with E-state index in [-0.39, 0.29) is 11.5 Å². The van der Waals surface area contributed by atoms with Gasteiger partial charge in [-0.15, -0.1) is 0 Å². The van der Waals surface area contributed by atoms with Crippen LogP contribution >= 0.6 is 0 Å². The van der Waals surface area contributed by atoms with Gasteiger partial charge in [-0.3, -0.25) is 4.79 Å². The molecular formula is C18H31NO2. The molecule has 0 heterocycles. The van der Waals surface area contributed by atoms with Crippen LogP contribution in [0, 0.1) is 23.2 Å². The summed E-state index contributed by atoms with van der Waals surface area (Å²) in [5, 5.41) is 3.70. The van der Waals surface area contributed by atoms with E-state index >= 15 is 0 Å². The fraction of sp³-hybridized carbons (Fsp3) is 0.944. The largest absolute Gasteiger partial charge is 0.466 e. The van der Waals surface area contributed by atoms with Gasteiger partial charge in [0.2, 0.25) is 0 Å². The lowest BCUT2D eigenvalue weighted by atomic mass is 9.49. The van der Waals surface area contributed by atoms with Gasteiger partial charge in [-0.05, 0) is 82.5 Å². The van der Waals surface area contributed by atoms with Crippen LogP contribution in [-0.2, 0) is 9.53 Å². The van der Waals surface area contributed by atoms with E-state index in [9.17, 15) is 4.79 Å². The number of hydrogen-bond acceptors (Lipinski definition) is 3. The fourth-order valence-corrected chi connectivity index (χ4v) is 5.57. The molecule has 1 N–H and O–H groups in total. The summed E-state index contributed by atoms with van der Waals surface area (Å²) in [6, 6.07) is 0. The van der Waals surface area contributed by atoms with E-state index in [0.717, 1.165) is 24.3 Å². The smallest absolute Gasteiger partial charge is 0.307 e. The van der Waals surface area contributed by atoms with Gasteiger partial charge in [0.05, 0.1) is 13.0 Å². The maximum absolute atomic E-state index is 11.7. The molecule has 3 nitrogen and oxygen atoms in total. The molecule has 0 atom stereocenters. The lowest BCUT2D eigenvalue weighted by Crippen LogP contribution is -2.54. The molecule has 4 aliphatic carbocycles. The number of carbonyl (C=O) groups excluding carboxylic acids is 1. The van der Waals surface area contributed by atoms with Crippen LogP contribution in [0.2, 0.25) is 0 Å². The van der Waals surface area contributed by atoms with E-state index in [1.54, 1.807) is 0 Å². The topological polar surface area (TPSA) is 38.3 Å². The minimum atomic E-state index is -0.157. The van der Waals surface area contributed by atoms with Crippen LogP contribution in [0.4, 0.5) is 0 Å². The first-order chi connectivity index (χ1) is 9.90. The van der Waals surface area contributed by atoms with Crippen LogP contribution < -0.4 is 5.32 Å². The number of hydrogen-bond donors (Lipinski definition) is 1. The molecule has 4 aliphatic rings. The number of carbonyl (C=O) groups is 1. The molecule has 4 saturated carbocycles. The lowest BCUT2D eigenvalue weighted by molar-refractivity contribution is -0.144. The Bertz CT molecular complexity index is 367. The van der Waals surface area contributed by atoms with Crippen LogP contribution in [0.3, 0.4) is 0 Å². The van der Waals surface area contributed by atoms with Gasteiger partial charge >= 0.3 is 5.97 Å². The van der Waals surface area contributed by atoms with Gasteiger partial charge in [0.1, 0.15) is 0 Å². The molecule has 0 aromatic heterocycles. The Hall–Kier alpha value is -0.570. The Labute approximate surface area is 129 Å². The van der Waals surface area contributed by atoms with Gasteiger partial charge in [-0.1, -0.05) is 0 Å². The van der Waals surface area contributed by atoms with Crippen molar-refractivity contribution in [3.63, 3.8) is 0 Å². The monoisotopic (exact) mass is 293 g/mol. The molecular weight excluding hydrogens is 262 g/mol. The van der Waals surface area contributed by atoms with E-state index in [1.807, 2.05) is 6.92 Å². The first kappa shape index (κ1) is 15.3. The summed E-state index contributed by atoms with van der Waals surface area (Å²) in [7, 11) is 0. The molecule has 4 fully saturated rings. The van der Waals surface area contributed by atoms with Crippen molar-refractivity contribution in [3.05, 3.63) is 0 Å². The predicted molar refractivity (Wildman–Crippen MR) is 83.9 cm³/mol. The average molecular weight is 293 g/mol. The summed E-state index contributed by atoms with van der Waals surface area (Å²) >= 11 is 0. The Morgan fingerprint density at radius 2 is 1.67 bits per heavy atom. The molecule has 0 spiro atoms. The van der Waals surface area contributed by atoms with Crippen LogP contribution in [0.5, 0.6) is 0 Å². The quantitative estimate of drug-likeness (QED) is 0.761. The summed E-state index contributed by atoms with van der Waals surface area (Å²) in [6.45, 7) is 7.69. The van der Waals surface area contributed by atoms with Gasteiger partial charge < -0.3 is 10.1 Å². The lowest BCUT2D eigenvalue weighted by Gasteiger charge is -2.57. The highest BCUT2D eigenvalue weighted by atomic mass is 16.5. The van der Waals surface area contributed by atoms with Gasteiger partial charge in [0.25, 0.3) is 0 Å². The standard InChI is InChI=1S/C18H31NO2/c1-4-21-16(20)11-17(2,3)19-12-18-8-13-5-14(9-18)7-15(6-13)10-18/h13-15,19H,4-12H2,1-3H3. The van der Waals surface area contributed by atoms with Gasteiger partial charge in [-0.2, -0.15) is 0 Å². The first-order valence-electron chi connectivity index (χ1n) is 8.80. The number of nitrogens with one attached hydrogen (secondary N) is 1. The molecule has 0 aliphatic heterocycles. The zero-order valence-electron chi connectivity index (χ0n) is 13.9. The number of esters is 1. The minimum absolute atomic E-state index is 0.0829. The highest BCUT2D eigenvalue weighted by Crippen LogP contribution is 2.59. The normalized spacial score (nSPS) is 37.8. The zero-order valence-corrected chi connectivity index (χ0v) is 13.9. The van der Waals surface area contributed by atoms with Gasteiger partial charge in [0.15, 0.2) is 0 Å². The van der Waals surface area contributed by atoms with Crippen molar-refractivity contribution in [2.75, 3.05) is 13.2 Å². The Morgan fingerprint density at radius 3 is 2.14 bits per heavy atom. The average Bonchev–Trinajstić information content (AvgIpc) is 2.35. The van der Waals surface area contributed by atoms with Crippen LogP contribution in [0.1, 0.15) is 65.7 Å². The number of rotatable bonds is 6. The molecule has 0 amide bonds. The van der Waals surface area contributed by atoms with Crippen LogP contribution in [0.15, 0.2) is 0 Å². The summed E-state index contributed by atoms with van der Waals surface area (Å²) in [5.74, 6) is 2.89. The molecule has 0 aromatic rings. The minimum Gasteiger partial charge on any atom is -0.466 e. The second-order valence-corrected chi connectivity index (χ2v) is 8.64. The van der Waals surface area contributed by atoms with E-state index < -0.39 is 0 Å². The van der Waals surface area contributed by atoms with Gasteiger partial charge in [-0.25, -0.2) is 0 Å². The van der Waals surface area contributed by atoms with Crippen LogP contribution in [-0.4, -0.2) is 24.7 Å². The van der Waals surface area contributed by atoms with Crippen molar-refractivity contribution in [1.29, 1.82) is 0 Å². The molecule has 0 aromatic carbocycles. The second kappa shape index (κ2) is 5.57. The molecule has 0 unspecified atom stereocenters. The van der Waals surface area contributed by atoms with E-state index in [1.165, 1.54) is 38.5 Å². The maximum atomic E-state index is 11.7. The van der Waals surface area contributed by atoms with Gasteiger partial charge in [0, 0.05) is 12.1 Å². The Kier molecular flexibility index (Phi) is 4.06. The first-order valence-corrected chi connectivity index (χ1v) is 8.80. The second-order valence-electron chi connectivity index (χ2n) is 8.64. The molecule has 4 bridgehead atoms. The highest BCUT2D eigenvalue weighted by molar-refractivity contribution is 5.70. The third-order valence-electron chi connectivity index (χ3n) is 6.00. The van der Waals surface area contributed by atoms with Crippen molar-refractivity contribution in [2.45, 2.75) is 71.3 Å².